The molecule has 3 atom stereocenters. The minimum Gasteiger partial charge on any atom is -0.355 e. The van der Waals surface area contributed by atoms with Crippen LogP contribution in [0.25, 0.3) is 0 Å². The Labute approximate surface area is 140 Å². The lowest BCUT2D eigenvalue weighted by molar-refractivity contribution is -0.137. The zero-order chi connectivity index (χ0) is 17.9. The summed E-state index contributed by atoms with van der Waals surface area (Å²) in [4.78, 5) is 12.1. The number of hydrogen-bond donors (Lipinski definition) is 3. The molecular formula is C17H24F3N3O. The summed E-state index contributed by atoms with van der Waals surface area (Å²) in [5.74, 6) is 0.125. The first-order valence-corrected chi connectivity index (χ1v) is 8.13. The van der Waals surface area contributed by atoms with Gasteiger partial charge in [-0.15, -0.1) is 0 Å². The summed E-state index contributed by atoms with van der Waals surface area (Å²) in [5, 5.41) is 2.88. The van der Waals surface area contributed by atoms with Crippen LogP contribution in [0.4, 0.5) is 13.2 Å². The molecule has 3 unspecified atom stereocenters. The van der Waals surface area contributed by atoms with Crippen molar-refractivity contribution in [2.75, 3.05) is 6.54 Å². The molecule has 0 bridgehead atoms. The van der Waals surface area contributed by atoms with Crippen molar-refractivity contribution < 1.29 is 18.0 Å². The normalized spacial score (nSPS) is 25.5. The highest BCUT2D eigenvalue weighted by Gasteiger charge is 2.32. The highest BCUT2D eigenvalue weighted by Crippen LogP contribution is 2.30. The lowest BCUT2D eigenvalue weighted by Crippen LogP contribution is -2.33. The molecule has 1 saturated heterocycles. The SMILES string of the molecule is CC(CNC(=O)CC1C(C)NNC1C)c1ccc(C(F)(F)F)cc1. The maximum absolute atomic E-state index is 12.6. The van der Waals surface area contributed by atoms with Crippen molar-refractivity contribution in [1.82, 2.24) is 16.2 Å². The Morgan fingerprint density at radius 2 is 1.71 bits per heavy atom. The first-order chi connectivity index (χ1) is 11.2. The van der Waals surface area contributed by atoms with E-state index in [1.807, 2.05) is 20.8 Å². The maximum Gasteiger partial charge on any atom is 0.416 e. The molecule has 0 aliphatic carbocycles. The zero-order valence-electron chi connectivity index (χ0n) is 14.1. The molecule has 0 spiro atoms. The lowest BCUT2D eigenvalue weighted by atomic mass is 9.92. The predicted octanol–water partition coefficient (Wildman–Crippen LogP) is 2.82. The Morgan fingerprint density at radius 1 is 1.17 bits per heavy atom. The van der Waals surface area contributed by atoms with Crippen molar-refractivity contribution in [3.63, 3.8) is 0 Å². The van der Waals surface area contributed by atoms with Crippen LogP contribution in [0.2, 0.25) is 0 Å². The van der Waals surface area contributed by atoms with E-state index >= 15 is 0 Å². The van der Waals surface area contributed by atoms with Crippen molar-refractivity contribution in [2.45, 2.75) is 51.4 Å². The minimum absolute atomic E-state index is 0.0389. The van der Waals surface area contributed by atoms with Crippen LogP contribution in [0.1, 0.15) is 44.2 Å². The zero-order valence-corrected chi connectivity index (χ0v) is 14.1. The van der Waals surface area contributed by atoms with E-state index in [2.05, 4.69) is 16.2 Å². The number of amides is 1. The Morgan fingerprint density at radius 3 is 2.21 bits per heavy atom. The molecule has 1 aromatic carbocycles. The van der Waals surface area contributed by atoms with E-state index in [0.717, 1.165) is 17.7 Å². The van der Waals surface area contributed by atoms with Crippen LogP contribution in [0.3, 0.4) is 0 Å². The predicted molar refractivity (Wildman–Crippen MR) is 86.2 cm³/mol. The molecule has 1 aliphatic rings. The molecule has 1 amide bonds. The van der Waals surface area contributed by atoms with Gasteiger partial charge >= 0.3 is 6.18 Å². The summed E-state index contributed by atoms with van der Waals surface area (Å²) < 4.78 is 37.7. The standard InChI is InChI=1S/C17H24F3N3O/c1-10(13-4-6-14(7-5-13)17(18,19)20)9-21-16(24)8-15-11(2)22-23-12(15)3/h4-7,10-12,15,22-23H,8-9H2,1-3H3,(H,21,24). The number of alkyl halides is 3. The summed E-state index contributed by atoms with van der Waals surface area (Å²) in [6.07, 6.45) is -3.91. The van der Waals surface area contributed by atoms with Crippen LogP contribution in [-0.2, 0) is 11.0 Å². The molecule has 1 aromatic rings. The molecule has 1 aliphatic heterocycles. The highest BCUT2D eigenvalue weighted by molar-refractivity contribution is 5.76. The number of carbonyl (C=O) groups is 1. The molecular weight excluding hydrogens is 319 g/mol. The van der Waals surface area contributed by atoms with Gasteiger partial charge < -0.3 is 5.32 Å². The molecule has 24 heavy (non-hydrogen) atoms. The van der Waals surface area contributed by atoms with Gasteiger partial charge in [-0.3, -0.25) is 15.6 Å². The largest absolute Gasteiger partial charge is 0.416 e. The second-order valence-corrected chi connectivity index (χ2v) is 6.56. The third-order valence-electron chi connectivity index (χ3n) is 4.66. The molecule has 2 rings (SSSR count). The average Bonchev–Trinajstić information content (AvgIpc) is 2.84. The van der Waals surface area contributed by atoms with Gasteiger partial charge in [0.1, 0.15) is 0 Å². The third kappa shape index (κ3) is 4.70. The van der Waals surface area contributed by atoms with Gasteiger partial charge in [-0.2, -0.15) is 13.2 Å². The maximum atomic E-state index is 12.6. The Balaban J connectivity index is 1.84. The van der Waals surface area contributed by atoms with Gasteiger partial charge in [0.25, 0.3) is 0 Å². The van der Waals surface area contributed by atoms with Crippen LogP contribution in [-0.4, -0.2) is 24.5 Å². The topological polar surface area (TPSA) is 53.2 Å². The van der Waals surface area contributed by atoms with Crippen LogP contribution in [0.15, 0.2) is 24.3 Å². The van der Waals surface area contributed by atoms with Gasteiger partial charge in [0.05, 0.1) is 5.56 Å². The quantitative estimate of drug-likeness (QED) is 0.771. The first kappa shape index (κ1) is 18.7. The summed E-state index contributed by atoms with van der Waals surface area (Å²) in [5.41, 5.74) is 6.33. The Kier molecular flexibility index (Phi) is 5.87. The number of hydrogen-bond acceptors (Lipinski definition) is 3. The van der Waals surface area contributed by atoms with Crippen LogP contribution >= 0.6 is 0 Å². The molecule has 7 heteroatoms. The number of nitrogens with one attached hydrogen (secondary N) is 3. The number of benzene rings is 1. The fraction of sp³-hybridized carbons (Fsp3) is 0.588. The van der Waals surface area contributed by atoms with Crippen molar-refractivity contribution in [2.24, 2.45) is 5.92 Å². The molecule has 1 heterocycles. The minimum atomic E-state index is -4.33. The first-order valence-electron chi connectivity index (χ1n) is 8.13. The van der Waals surface area contributed by atoms with E-state index in [9.17, 15) is 18.0 Å². The molecule has 3 N–H and O–H groups in total. The van der Waals surface area contributed by atoms with Crippen molar-refractivity contribution in [3.05, 3.63) is 35.4 Å². The van der Waals surface area contributed by atoms with Gasteiger partial charge in [-0.05, 0) is 37.5 Å². The molecule has 4 nitrogen and oxygen atoms in total. The molecule has 0 saturated carbocycles. The van der Waals surface area contributed by atoms with E-state index in [0.29, 0.717) is 13.0 Å². The lowest BCUT2D eigenvalue weighted by Gasteiger charge is -2.19. The fourth-order valence-corrected chi connectivity index (χ4v) is 2.94. The molecule has 0 aromatic heterocycles. The van der Waals surface area contributed by atoms with Gasteiger partial charge in [-0.1, -0.05) is 19.1 Å². The van der Waals surface area contributed by atoms with Crippen LogP contribution in [0, 0.1) is 5.92 Å². The van der Waals surface area contributed by atoms with E-state index in [1.165, 1.54) is 12.1 Å². The molecule has 0 radical (unpaired) electrons. The highest BCUT2D eigenvalue weighted by atomic mass is 19.4. The van der Waals surface area contributed by atoms with Crippen molar-refractivity contribution in [3.8, 4) is 0 Å². The van der Waals surface area contributed by atoms with Crippen molar-refractivity contribution in [1.29, 1.82) is 0 Å². The second-order valence-electron chi connectivity index (χ2n) is 6.56. The summed E-state index contributed by atoms with van der Waals surface area (Å²) in [6, 6.07) is 5.53. The van der Waals surface area contributed by atoms with Gasteiger partial charge in [-0.25, -0.2) is 0 Å². The number of carbonyl (C=O) groups excluding carboxylic acids is 1. The second kappa shape index (κ2) is 7.53. The number of hydrazine groups is 1. The number of halogens is 3. The van der Waals surface area contributed by atoms with Gasteiger partial charge in [0, 0.05) is 31.0 Å². The van der Waals surface area contributed by atoms with Crippen LogP contribution < -0.4 is 16.2 Å². The van der Waals surface area contributed by atoms with E-state index in [4.69, 9.17) is 0 Å². The average molecular weight is 343 g/mol. The Hall–Kier alpha value is -1.60. The smallest absolute Gasteiger partial charge is 0.355 e. The molecule has 1 fully saturated rings. The summed E-state index contributed by atoms with van der Waals surface area (Å²) in [7, 11) is 0. The van der Waals surface area contributed by atoms with E-state index < -0.39 is 11.7 Å². The van der Waals surface area contributed by atoms with Gasteiger partial charge in [0.15, 0.2) is 0 Å². The van der Waals surface area contributed by atoms with E-state index in [1.54, 1.807) is 0 Å². The monoisotopic (exact) mass is 343 g/mol. The fourth-order valence-electron chi connectivity index (χ4n) is 2.94. The number of rotatable bonds is 5. The Bertz CT molecular complexity index is 549. The van der Waals surface area contributed by atoms with Crippen molar-refractivity contribution >= 4 is 5.91 Å². The van der Waals surface area contributed by atoms with Gasteiger partial charge in [0.2, 0.25) is 5.91 Å². The third-order valence-corrected chi connectivity index (χ3v) is 4.66. The van der Waals surface area contributed by atoms with E-state index in [-0.39, 0.29) is 29.8 Å². The molecule has 134 valence electrons. The summed E-state index contributed by atoms with van der Waals surface area (Å²) in [6.45, 7) is 6.34. The van der Waals surface area contributed by atoms with Crippen LogP contribution in [0.5, 0.6) is 0 Å². The summed E-state index contributed by atoms with van der Waals surface area (Å²) >= 11 is 0.